The highest BCUT2D eigenvalue weighted by Gasteiger charge is 2.29. The molecule has 2 aromatic rings. The summed E-state index contributed by atoms with van der Waals surface area (Å²) in [5.41, 5.74) is 1.84. The van der Waals surface area contributed by atoms with Crippen molar-refractivity contribution in [3.8, 4) is 11.5 Å². The van der Waals surface area contributed by atoms with Crippen molar-refractivity contribution in [2.75, 3.05) is 24.6 Å². The van der Waals surface area contributed by atoms with Gasteiger partial charge in [-0.15, -0.1) is 0 Å². The molecule has 0 unspecified atom stereocenters. The van der Waals surface area contributed by atoms with Crippen LogP contribution in [0.2, 0.25) is 0 Å². The van der Waals surface area contributed by atoms with Crippen molar-refractivity contribution in [2.45, 2.75) is 6.92 Å². The summed E-state index contributed by atoms with van der Waals surface area (Å²) in [6.45, 7) is 2.00. The lowest BCUT2D eigenvalue weighted by atomic mass is 9.92. The smallest absolute Gasteiger partial charge is 0.261 e. The summed E-state index contributed by atoms with van der Waals surface area (Å²) in [4.78, 5) is 13.8. The maximum atomic E-state index is 14.2. The normalized spacial score (nSPS) is 15.2. The molecule has 0 aromatic heterocycles. The van der Waals surface area contributed by atoms with Gasteiger partial charge in [0, 0.05) is 55.1 Å². The molecule has 1 amide bonds. The van der Waals surface area contributed by atoms with E-state index in [1.165, 1.54) is 35.3 Å². The van der Waals surface area contributed by atoms with Gasteiger partial charge in [-0.2, -0.15) is 0 Å². The number of nitrogens with one attached hydrogen (secondary N) is 3. The van der Waals surface area contributed by atoms with E-state index in [1.807, 2.05) is 6.92 Å². The van der Waals surface area contributed by atoms with Crippen LogP contribution < -0.4 is 14.8 Å². The molecule has 0 saturated heterocycles. The van der Waals surface area contributed by atoms with Crippen molar-refractivity contribution in [1.29, 1.82) is 5.41 Å². The van der Waals surface area contributed by atoms with Crippen molar-refractivity contribution in [3.05, 3.63) is 71.6 Å². The number of halogens is 2. The molecule has 6 nitrogen and oxygen atoms in total. The first kappa shape index (κ1) is 22.4. The molecule has 2 aromatic carbocycles. The monoisotopic (exact) mass is 444 g/mol. The third-order valence-electron chi connectivity index (χ3n) is 4.42. The second-order valence-corrected chi connectivity index (χ2v) is 7.67. The number of likely N-dealkylation sites (N-methyl/N-ethyl adjacent to an activating group) is 1. The third kappa shape index (κ3) is 4.88. The van der Waals surface area contributed by atoms with Crippen LogP contribution in [0, 0.1) is 17.0 Å². The Kier molecular flexibility index (Phi) is 6.96. The molecule has 3 rings (SSSR count). The highest BCUT2D eigenvalue weighted by molar-refractivity contribution is 8.00. The van der Waals surface area contributed by atoms with Crippen LogP contribution >= 0.6 is 11.9 Å². The van der Waals surface area contributed by atoms with E-state index in [1.54, 1.807) is 32.3 Å². The molecular formula is C22H22F2N4O2S. The van der Waals surface area contributed by atoms with Gasteiger partial charge in [0.25, 0.3) is 5.91 Å². The van der Waals surface area contributed by atoms with Crippen molar-refractivity contribution in [2.24, 2.45) is 0 Å². The number of carbonyl (C=O) groups excluding carboxylic acids is 1. The number of nitrogens with zero attached hydrogens (tertiary/aromatic N) is 1. The van der Waals surface area contributed by atoms with Crippen LogP contribution in [-0.4, -0.2) is 36.4 Å². The van der Waals surface area contributed by atoms with E-state index in [0.29, 0.717) is 11.1 Å². The first-order chi connectivity index (χ1) is 14.8. The molecule has 9 heteroatoms. The van der Waals surface area contributed by atoms with Gasteiger partial charge in [-0.25, -0.2) is 8.78 Å². The second kappa shape index (κ2) is 9.65. The zero-order valence-corrected chi connectivity index (χ0v) is 18.1. The molecule has 0 saturated carbocycles. The molecule has 1 aliphatic heterocycles. The molecule has 0 spiro atoms. The molecule has 0 aliphatic carbocycles. The summed E-state index contributed by atoms with van der Waals surface area (Å²) in [6.07, 6.45) is 3.00. The Labute approximate surface area is 183 Å². The lowest BCUT2D eigenvalue weighted by molar-refractivity contribution is -0.123. The first-order valence-corrected chi connectivity index (χ1v) is 10.4. The van der Waals surface area contributed by atoms with Gasteiger partial charge in [0.15, 0.2) is 11.6 Å². The molecule has 31 heavy (non-hydrogen) atoms. The molecule has 162 valence electrons. The maximum Gasteiger partial charge on any atom is 0.261 e. The Morgan fingerprint density at radius 3 is 2.61 bits per heavy atom. The summed E-state index contributed by atoms with van der Waals surface area (Å²) in [5, 5.41) is 11.4. The van der Waals surface area contributed by atoms with Crippen LogP contribution in [0.4, 0.5) is 14.5 Å². The zero-order chi connectivity index (χ0) is 22.5. The summed E-state index contributed by atoms with van der Waals surface area (Å²) < 4.78 is 36.4. The number of hydrogen-bond acceptors (Lipinski definition) is 6. The van der Waals surface area contributed by atoms with Gasteiger partial charge in [0.1, 0.15) is 11.6 Å². The first-order valence-electron chi connectivity index (χ1n) is 9.46. The summed E-state index contributed by atoms with van der Waals surface area (Å²) in [5.74, 6) is -0.930. The fraction of sp³-hybridized carbons (Fsp3) is 0.182. The van der Waals surface area contributed by atoms with E-state index < -0.39 is 11.6 Å². The summed E-state index contributed by atoms with van der Waals surface area (Å²) in [6, 6.07) is 8.22. The van der Waals surface area contributed by atoms with Crippen molar-refractivity contribution >= 4 is 34.8 Å². The average molecular weight is 445 g/mol. The average Bonchev–Trinajstić information content (AvgIpc) is 2.75. The number of carbonyl (C=O) groups is 1. The van der Waals surface area contributed by atoms with Gasteiger partial charge < -0.3 is 19.7 Å². The predicted octanol–water partition coefficient (Wildman–Crippen LogP) is 4.77. The lowest BCUT2D eigenvalue weighted by Gasteiger charge is -2.25. The molecule has 0 radical (unpaired) electrons. The van der Waals surface area contributed by atoms with Crippen LogP contribution in [0.5, 0.6) is 11.5 Å². The fourth-order valence-corrected chi connectivity index (χ4v) is 3.40. The number of amides is 1. The molecule has 0 atom stereocenters. The van der Waals surface area contributed by atoms with E-state index in [2.05, 4.69) is 10.0 Å². The standard InChI is InChI=1S/C22H22F2N4O2S/c1-4-31-27-14-6-8-19(30-20-7-5-13(23)9-18(20)24)15(10-14)17-12-28(3)22(29)16(11-26-2)21(17)25/h5-12,25-27H,4H2,1-3H3/b16-11+,25-21?. The van der Waals surface area contributed by atoms with Gasteiger partial charge in [-0.05, 0) is 30.3 Å². The van der Waals surface area contributed by atoms with Crippen LogP contribution in [0.15, 0.2) is 54.4 Å². The molecule has 1 heterocycles. The minimum atomic E-state index is -0.842. The highest BCUT2D eigenvalue weighted by atomic mass is 32.2. The number of hydrogen-bond donors (Lipinski definition) is 3. The Balaban J connectivity index is 2.11. The van der Waals surface area contributed by atoms with Crippen molar-refractivity contribution in [1.82, 2.24) is 10.2 Å². The summed E-state index contributed by atoms with van der Waals surface area (Å²) >= 11 is 1.49. The van der Waals surface area contributed by atoms with Gasteiger partial charge in [-0.3, -0.25) is 10.2 Å². The zero-order valence-electron chi connectivity index (χ0n) is 17.3. The number of allylic oxidation sites excluding steroid dienone is 1. The van der Waals surface area contributed by atoms with E-state index >= 15 is 0 Å². The third-order valence-corrected chi connectivity index (χ3v) is 5.09. The number of ether oxygens (including phenoxy) is 1. The predicted molar refractivity (Wildman–Crippen MR) is 120 cm³/mol. The minimum absolute atomic E-state index is 0.00201. The van der Waals surface area contributed by atoms with E-state index in [4.69, 9.17) is 10.1 Å². The maximum absolute atomic E-state index is 14.2. The Hall–Kier alpha value is -3.33. The van der Waals surface area contributed by atoms with Gasteiger partial charge in [0.05, 0.1) is 11.3 Å². The lowest BCUT2D eigenvalue weighted by Crippen LogP contribution is -2.33. The van der Waals surface area contributed by atoms with Crippen molar-refractivity contribution < 1.29 is 18.3 Å². The second-order valence-electron chi connectivity index (χ2n) is 6.60. The van der Waals surface area contributed by atoms with Crippen LogP contribution in [-0.2, 0) is 4.79 Å². The molecule has 0 bridgehead atoms. The topological polar surface area (TPSA) is 77.5 Å². The van der Waals surface area contributed by atoms with Crippen LogP contribution in [0.25, 0.3) is 5.57 Å². The molecule has 0 fully saturated rings. The highest BCUT2D eigenvalue weighted by Crippen LogP contribution is 2.37. The molecule has 1 aliphatic rings. The van der Waals surface area contributed by atoms with Gasteiger partial charge >= 0.3 is 0 Å². The summed E-state index contributed by atoms with van der Waals surface area (Å²) in [7, 11) is 3.23. The SMILES string of the molecule is CCSNc1ccc(Oc2ccc(F)cc2F)c(C2=CN(C)C(=O)/C(=C/NC)C2=N)c1. The Morgan fingerprint density at radius 1 is 1.19 bits per heavy atom. The van der Waals surface area contributed by atoms with E-state index in [-0.39, 0.29) is 28.7 Å². The fourth-order valence-electron chi connectivity index (χ4n) is 2.97. The Morgan fingerprint density at radius 2 is 1.94 bits per heavy atom. The largest absolute Gasteiger partial charge is 0.454 e. The van der Waals surface area contributed by atoms with Gasteiger partial charge in [0.2, 0.25) is 0 Å². The quantitative estimate of drug-likeness (QED) is 0.424. The van der Waals surface area contributed by atoms with Crippen LogP contribution in [0.3, 0.4) is 0 Å². The number of anilines is 1. The molecule has 3 N–H and O–H groups in total. The van der Waals surface area contributed by atoms with Crippen LogP contribution in [0.1, 0.15) is 12.5 Å². The van der Waals surface area contributed by atoms with E-state index in [0.717, 1.165) is 23.6 Å². The van der Waals surface area contributed by atoms with Crippen molar-refractivity contribution in [3.63, 3.8) is 0 Å². The number of rotatable bonds is 7. The minimum Gasteiger partial charge on any atom is -0.454 e. The number of benzene rings is 2. The van der Waals surface area contributed by atoms with Gasteiger partial charge in [-0.1, -0.05) is 18.9 Å². The van der Waals surface area contributed by atoms with E-state index in [9.17, 15) is 13.6 Å². The Bertz CT molecular complexity index is 1090. The molecular weight excluding hydrogens is 422 g/mol.